The minimum absolute atomic E-state index is 0.0533. The van der Waals surface area contributed by atoms with Crippen LogP contribution in [0.25, 0.3) is 0 Å². The molecule has 0 atom stereocenters. The number of fused-ring (bicyclic) bond motifs is 1. The molecule has 19 heavy (non-hydrogen) atoms. The third-order valence-electron chi connectivity index (χ3n) is 3.13. The van der Waals surface area contributed by atoms with Gasteiger partial charge in [0.05, 0.1) is 12.1 Å². The summed E-state index contributed by atoms with van der Waals surface area (Å²) in [6.07, 6.45) is 0.0683. The third kappa shape index (κ3) is 2.78. The van der Waals surface area contributed by atoms with Crippen LogP contribution in [-0.4, -0.2) is 44.2 Å². The Morgan fingerprint density at radius 3 is 2.95 bits per heavy atom. The van der Waals surface area contributed by atoms with Crippen molar-refractivity contribution in [2.45, 2.75) is 6.42 Å². The summed E-state index contributed by atoms with van der Waals surface area (Å²) < 4.78 is 5.34. The molecule has 1 aromatic carbocycles. The van der Waals surface area contributed by atoms with Gasteiger partial charge in [-0.3, -0.25) is 9.59 Å². The van der Waals surface area contributed by atoms with Gasteiger partial charge in [0, 0.05) is 26.3 Å². The van der Waals surface area contributed by atoms with E-state index in [0.717, 1.165) is 5.69 Å². The molecule has 0 aromatic heterocycles. The van der Waals surface area contributed by atoms with Crippen molar-refractivity contribution >= 4 is 23.3 Å². The van der Waals surface area contributed by atoms with E-state index < -0.39 is 5.97 Å². The summed E-state index contributed by atoms with van der Waals surface area (Å²) in [5.41, 5.74) is 1.56. The molecule has 6 heteroatoms. The van der Waals surface area contributed by atoms with Crippen molar-refractivity contribution in [1.82, 2.24) is 0 Å². The molecule has 0 bridgehead atoms. The molecule has 0 spiro atoms. The molecule has 6 nitrogen and oxygen atoms in total. The van der Waals surface area contributed by atoms with Crippen molar-refractivity contribution in [3.05, 3.63) is 18.2 Å². The van der Waals surface area contributed by atoms with Gasteiger partial charge in [-0.25, -0.2) is 0 Å². The van der Waals surface area contributed by atoms with E-state index in [1.54, 1.807) is 18.0 Å². The lowest BCUT2D eigenvalue weighted by atomic mass is 10.2. The second-order valence-corrected chi connectivity index (χ2v) is 4.46. The van der Waals surface area contributed by atoms with Crippen molar-refractivity contribution in [1.29, 1.82) is 0 Å². The lowest BCUT2D eigenvalue weighted by molar-refractivity contribution is -0.136. The van der Waals surface area contributed by atoms with Crippen LogP contribution in [0.15, 0.2) is 18.2 Å². The first-order valence-electron chi connectivity index (χ1n) is 5.95. The van der Waals surface area contributed by atoms with E-state index in [9.17, 15) is 9.59 Å². The molecule has 1 aliphatic rings. The van der Waals surface area contributed by atoms with Crippen LogP contribution in [0.1, 0.15) is 6.42 Å². The summed E-state index contributed by atoms with van der Waals surface area (Å²) in [5.74, 6) is -0.268. The summed E-state index contributed by atoms with van der Waals surface area (Å²) >= 11 is 0. The highest BCUT2D eigenvalue weighted by atomic mass is 16.5. The molecule has 0 radical (unpaired) electrons. The van der Waals surface area contributed by atoms with E-state index in [4.69, 9.17) is 9.84 Å². The fraction of sp³-hybridized carbons (Fsp3) is 0.385. The van der Waals surface area contributed by atoms with E-state index in [1.807, 2.05) is 24.1 Å². The van der Waals surface area contributed by atoms with Crippen molar-refractivity contribution in [2.75, 3.05) is 37.0 Å². The fourth-order valence-corrected chi connectivity index (χ4v) is 1.89. The number of likely N-dealkylation sites (N-methyl/N-ethyl adjacent to an activating group) is 1. The van der Waals surface area contributed by atoms with Gasteiger partial charge in [-0.1, -0.05) is 0 Å². The number of carbonyl (C=O) groups is 2. The zero-order chi connectivity index (χ0) is 14.0. The van der Waals surface area contributed by atoms with Crippen molar-refractivity contribution in [3.63, 3.8) is 0 Å². The number of anilines is 2. The van der Waals surface area contributed by atoms with Gasteiger partial charge in [-0.2, -0.15) is 0 Å². The van der Waals surface area contributed by atoms with E-state index in [1.165, 1.54) is 0 Å². The predicted octanol–water partition coefficient (Wildman–Crippen LogP) is 0.953. The summed E-state index contributed by atoms with van der Waals surface area (Å²) in [6, 6.07) is 5.48. The fourth-order valence-electron chi connectivity index (χ4n) is 1.89. The van der Waals surface area contributed by atoms with Crippen LogP contribution < -0.4 is 14.5 Å². The first-order chi connectivity index (χ1) is 8.99. The minimum Gasteiger partial charge on any atom is -0.482 e. The van der Waals surface area contributed by atoms with Crippen molar-refractivity contribution < 1.29 is 19.4 Å². The molecule has 1 aliphatic heterocycles. The quantitative estimate of drug-likeness (QED) is 0.877. The van der Waals surface area contributed by atoms with Crippen LogP contribution in [0.5, 0.6) is 5.75 Å². The largest absolute Gasteiger partial charge is 0.482 e. The first-order valence-corrected chi connectivity index (χ1v) is 5.95. The van der Waals surface area contributed by atoms with Crippen LogP contribution in [0.4, 0.5) is 11.4 Å². The summed E-state index contributed by atoms with van der Waals surface area (Å²) in [5, 5.41) is 8.68. The third-order valence-corrected chi connectivity index (χ3v) is 3.13. The minimum atomic E-state index is -0.833. The average Bonchev–Trinajstić information content (AvgIpc) is 2.40. The Hall–Kier alpha value is -2.24. The van der Waals surface area contributed by atoms with Gasteiger partial charge in [-0.05, 0) is 18.2 Å². The number of aliphatic carboxylic acids is 1. The van der Waals surface area contributed by atoms with E-state index in [2.05, 4.69) is 0 Å². The molecule has 0 unspecified atom stereocenters. The van der Waals surface area contributed by atoms with Gasteiger partial charge >= 0.3 is 5.97 Å². The Labute approximate surface area is 111 Å². The second-order valence-electron chi connectivity index (χ2n) is 4.46. The number of ether oxygens (including phenoxy) is 1. The molecule has 1 aromatic rings. The van der Waals surface area contributed by atoms with Gasteiger partial charge in [0.2, 0.25) is 0 Å². The molecule has 0 saturated carbocycles. The molecular weight excluding hydrogens is 248 g/mol. The maximum Gasteiger partial charge on any atom is 0.305 e. The summed E-state index contributed by atoms with van der Waals surface area (Å²) in [4.78, 5) is 25.5. The molecule has 0 aliphatic carbocycles. The Morgan fingerprint density at radius 2 is 2.26 bits per heavy atom. The zero-order valence-electron chi connectivity index (χ0n) is 10.9. The lowest BCUT2D eigenvalue weighted by Crippen LogP contribution is -2.35. The van der Waals surface area contributed by atoms with E-state index in [-0.39, 0.29) is 18.9 Å². The number of hydrogen-bond donors (Lipinski definition) is 1. The maximum absolute atomic E-state index is 11.6. The SMILES string of the molecule is CN(CCC(=O)O)c1ccc2c(c1)N(C)C(=O)CO2. The van der Waals surface area contributed by atoms with Crippen LogP contribution in [0.3, 0.4) is 0 Å². The Morgan fingerprint density at radius 1 is 1.53 bits per heavy atom. The highest BCUT2D eigenvalue weighted by molar-refractivity contribution is 5.97. The van der Waals surface area contributed by atoms with Gasteiger partial charge in [-0.15, -0.1) is 0 Å². The lowest BCUT2D eigenvalue weighted by Gasteiger charge is -2.28. The van der Waals surface area contributed by atoms with Gasteiger partial charge in [0.15, 0.2) is 6.61 Å². The average molecular weight is 264 g/mol. The second kappa shape index (κ2) is 5.17. The van der Waals surface area contributed by atoms with Crippen LogP contribution >= 0.6 is 0 Å². The Balaban J connectivity index is 2.20. The monoisotopic (exact) mass is 264 g/mol. The normalized spacial score (nSPS) is 13.8. The first kappa shape index (κ1) is 13.2. The molecule has 1 amide bonds. The maximum atomic E-state index is 11.6. The molecule has 0 saturated heterocycles. The van der Waals surface area contributed by atoms with E-state index in [0.29, 0.717) is 18.0 Å². The Kier molecular flexibility index (Phi) is 3.59. The van der Waals surface area contributed by atoms with E-state index >= 15 is 0 Å². The standard InChI is InChI=1S/C13H16N2O4/c1-14(6-5-13(17)18)9-3-4-11-10(7-9)15(2)12(16)8-19-11/h3-4,7H,5-6,8H2,1-2H3,(H,17,18). The van der Waals surface area contributed by atoms with Crippen LogP contribution in [0, 0.1) is 0 Å². The molecule has 1 N–H and O–H groups in total. The topological polar surface area (TPSA) is 70.1 Å². The summed E-state index contributed by atoms with van der Waals surface area (Å²) in [7, 11) is 3.51. The van der Waals surface area contributed by atoms with Gasteiger partial charge in [0.25, 0.3) is 5.91 Å². The van der Waals surface area contributed by atoms with Gasteiger partial charge < -0.3 is 19.6 Å². The molecule has 0 fully saturated rings. The predicted molar refractivity (Wildman–Crippen MR) is 70.9 cm³/mol. The highest BCUT2D eigenvalue weighted by Crippen LogP contribution is 2.34. The van der Waals surface area contributed by atoms with Crippen molar-refractivity contribution in [2.24, 2.45) is 0 Å². The number of amides is 1. The Bertz CT molecular complexity index is 515. The molecule has 2 rings (SSSR count). The number of nitrogens with zero attached hydrogens (tertiary/aromatic N) is 2. The number of carboxylic acids is 1. The number of carbonyl (C=O) groups excluding carboxylic acids is 1. The molecule has 1 heterocycles. The molecular formula is C13H16N2O4. The molecule has 102 valence electrons. The summed E-state index contributed by atoms with van der Waals surface area (Å²) in [6.45, 7) is 0.463. The number of benzene rings is 1. The number of hydrogen-bond acceptors (Lipinski definition) is 4. The highest BCUT2D eigenvalue weighted by Gasteiger charge is 2.22. The number of rotatable bonds is 4. The van der Waals surface area contributed by atoms with Crippen LogP contribution in [-0.2, 0) is 9.59 Å². The van der Waals surface area contributed by atoms with Gasteiger partial charge in [0.1, 0.15) is 5.75 Å². The zero-order valence-corrected chi connectivity index (χ0v) is 10.9. The smallest absolute Gasteiger partial charge is 0.305 e. The van der Waals surface area contributed by atoms with Crippen molar-refractivity contribution in [3.8, 4) is 5.75 Å². The number of carboxylic acid groups (broad SMARTS) is 1. The van der Waals surface area contributed by atoms with Crippen LogP contribution in [0.2, 0.25) is 0 Å².